The Labute approximate surface area is 133 Å². The van der Waals surface area contributed by atoms with Gasteiger partial charge in [0.15, 0.2) is 0 Å². The lowest BCUT2D eigenvalue weighted by Gasteiger charge is -2.41. The van der Waals surface area contributed by atoms with Crippen LogP contribution in [0.4, 0.5) is 4.79 Å². The number of rotatable bonds is 4. The molecule has 1 amide bonds. The minimum absolute atomic E-state index is 0.194. The quantitative estimate of drug-likeness (QED) is 0.590. The van der Waals surface area contributed by atoms with Crippen molar-refractivity contribution in [3.8, 4) is 0 Å². The molecule has 0 N–H and O–H groups in total. The van der Waals surface area contributed by atoms with E-state index in [2.05, 4.69) is 20.4 Å². The summed E-state index contributed by atoms with van der Waals surface area (Å²) in [7, 11) is 0. The highest BCUT2D eigenvalue weighted by Gasteiger charge is 2.43. The van der Waals surface area contributed by atoms with Gasteiger partial charge in [-0.25, -0.2) is 9.59 Å². The summed E-state index contributed by atoms with van der Waals surface area (Å²) in [6.07, 6.45) is 1.62. The standard InChI is InChI=1S/C17H29NO4/c1-8-12(4)14-15(19)21-13(9-11(2)3)10-18(14)16(20)22-17(5,6)7/h8,11-14H,1,9-10H2,2-7H3/t12-,13-,14-/m0/s1. The van der Waals surface area contributed by atoms with E-state index in [1.807, 2.05) is 27.7 Å². The van der Waals surface area contributed by atoms with Crippen molar-refractivity contribution in [2.24, 2.45) is 11.8 Å². The molecule has 0 unspecified atom stereocenters. The fourth-order valence-electron chi connectivity index (χ4n) is 2.52. The van der Waals surface area contributed by atoms with Crippen LogP contribution >= 0.6 is 0 Å². The number of ether oxygens (including phenoxy) is 2. The molecule has 0 saturated carbocycles. The first kappa shape index (κ1) is 18.5. The van der Waals surface area contributed by atoms with Crippen LogP contribution in [0.15, 0.2) is 12.7 Å². The number of hydrogen-bond acceptors (Lipinski definition) is 4. The number of cyclic esters (lactones) is 1. The predicted molar refractivity (Wildman–Crippen MR) is 85.4 cm³/mol. The van der Waals surface area contributed by atoms with E-state index in [1.54, 1.807) is 6.08 Å². The zero-order valence-corrected chi connectivity index (χ0v) is 14.6. The Morgan fingerprint density at radius 1 is 1.45 bits per heavy atom. The van der Waals surface area contributed by atoms with Gasteiger partial charge in [0.05, 0.1) is 6.54 Å². The maximum Gasteiger partial charge on any atom is 0.411 e. The van der Waals surface area contributed by atoms with Gasteiger partial charge in [-0.05, 0) is 33.1 Å². The SMILES string of the molecule is C=C[C@H](C)[C@H]1C(=O)O[C@@H](CC(C)C)CN1C(=O)OC(C)(C)C. The number of carbonyl (C=O) groups excluding carboxylic acids is 2. The van der Waals surface area contributed by atoms with Gasteiger partial charge in [0.2, 0.25) is 0 Å². The Kier molecular flexibility index (Phi) is 6.03. The number of amides is 1. The van der Waals surface area contributed by atoms with Gasteiger partial charge >= 0.3 is 12.1 Å². The number of carbonyl (C=O) groups is 2. The minimum Gasteiger partial charge on any atom is -0.459 e. The smallest absolute Gasteiger partial charge is 0.411 e. The molecular formula is C17H29NO4. The van der Waals surface area contributed by atoms with Crippen LogP contribution in [-0.4, -0.2) is 41.3 Å². The van der Waals surface area contributed by atoms with Crippen LogP contribution < -0.4 is 0 Å². The predicted octanol–water partition coefficient (Wildman–Crippen LogP) is 3.39. The third kappa shape index (κ3) is 5.04. The van der Waals surface area contributed by atoms with Crippen LogP contribution in [-0.2, 0) is 14.3 Å². The average Bonchev–Trinajstić information content (AvgIpc) is 2.34. The Balaban J connectivity index is 2.98. The maximum atomic E-state index is 12.5. The van der Waals surface area contributed by atoms with Crippen LogP contribution in [0.3, 0.4) is 0 Å². The van der Waals surface area contributed by atoms with Crippen molar-refractivity contribution in [2.45, 2.75) is 65.7 Å². The number of nitrogens with zero attached hydrogens (tertiary/aromatic N) is 1. The topological polar surface area (TPSA) is 55.8 Å². The molecule has 1 aliphatic heterocycles. The molecule has 5 nitrogen and oxygen atoms in total. The van der Waals surface area contributed by atoms with Crippen LogP contribution in [0.25, 0.3) is 0 Å². The molecule has 0 aliphatic carbocycles. The van der Waals surface area contributed by atoms with Crippen molar-refractivity contribution in [3.63, 3.8) is 0 Å². The first-order valence-corrected chi connectivity index (χ1v) is 7.87. The third-order valence-corrected chi connectivity index (χ3v) is 3.49. The van der Waals surface area contributed by atoms with Gasteiger partial charge in [0, 0.05) is 5.92 Å². The van der Waals surface area contributed by atoms with E-state index in [4.69, 9.17) is 9.47 Å². The van der Waals surface area contributed by atoms with E-state index in [0.717, 1.165) is 6.42 Å². The van der Waals surface area contributed by atoms with Gasteiger partial charge in [0.1, 0.15) is 17.7 Å². The van der Waals surface area contributed by atoms with Gasteiger partial charge in [-0.3, -0.25) is 4.90 Å². The minimum atomic E-state index is -0.671. The van der Waals surface area contributed by atoms with Crippen LogP contribution in [0.2, 0.25) is 0 Å². The molecule has 1 rings (SSSR count). The van der Waals surface area contributed by atoms with Crippen molar-refractivity contribution in [1.29, 1.82) is 0 Å². The average molecular weight is 311 g/mol. The lowest BCUT2D eigenvalue weighted by molar-refractivity contribution is -0.168. The normalized spacial score (nSPS) is 24.0. The lowest BCUT2D eigenvalue weighted by atomic mass is 9.96. The largest absolute Gasteiger partial charge is 0.459 e. The molecule has 0 aromatic heterocycles. The summed E-state index contributed by atoms with van der Waals surface area (Å²) < 4.78 is 11.0. The molecule has 1 heterocycles. The van der Waals surface area contributed by atoms with E-state index in [-0.39, 0.29) is 18.0 Å². The molecule has 126 valence electrons. The zero-order valence-electron chi connectivity index (χ0n) is 14.6. The third-order valence-electron chi connectivity index (χ3n) is 3.49. The summed E-state index contributed by atoms with van der Waals surface area (Å²) in [5.41, 5.74) is -0.603. The molecule has 0 aromatic rings. The lowest BCUT2D eigenvalue weighted by Crippen LogP contribution is -2.58. The van der Waals surface area contributed by atoms with E-state index in [1.165, 1.54) is 4.90 Å². The van der Waals surface area contributed by atoms with Gasteiger partial charge < -0.3 is 9.47 Å². The Hall–Kier alpha value is -1.52. The summed E-state index contributed by atoms with van der Waals surface area (Å²) >= 11 is 0. The number of morpholine rings is 1. The monoisotopic (exact) mass is 311 g/mol. The van der Waals surface area contributed by atoms with Crippen molar-refractivity contribution in [1.82, 2.24) is 4.90 Å². The van der Waals surface area contributed by atoms with Crippen LogP contribution in [0.5, 0.6) is 0 Å². The first-order chi connectivity index (χ1) is 10.0. The van der Waals surface area contributed by atoms with Crippen molar-refractivity contribution in [2.75, 3.05) is 6.54 Å². The Morgan fingerprint density at radius 3 is 2.50 bits per heavy atom. The Morgan fingerprint density at radius 2 is 2.05 bits per heavy atom. The molecule has 0 spiro atoms. The van der Waals surface area contributed by atoms with Crippen LogP contribution in [0, 0.1) is 11.8 Å². The molecule has 1 saturated heterocycles. The van der Waals surface area contributed by atoms with E-state index >= 15 is 0 Å². The summed E-state index contributed by atoms with van der Waals surface area (Å²) in [5.74, 6) is -0.193. The summed E-state index contributed by atoms with van der Waals surface area (Å²) in [6.45, 7) is 15.5. The molecule has 0 bridgehead atoms. The molecule has 22 heavy (non-hydrogen) atoms. The van der Waals surface area contributed by atoms with Crippen molar-refractivity contribution in [3.05, 3.63) is 12.7 Å². The fraction of sp³-hybridized carbons (Fsp3) is 0.765. The second kappa shape index (κ2) is 7.16. The van der Waals surface area contributed by atoms with Gasteiger partial charge in [-0.2, -0.15) is 0 Å². The number of esters is 1. The molecule has 1 fully saturated rings. The molecule has 3 atom stereocenters. The highest BCUT2D eigenvalue weighted by atomic mass is 16.6. The fourth-order valence-corrected chi connectivity index (χ4v) is 2.52. The molecule has 0 radical (unpaired) electrons. The highest BCUT2D eigenvalue weighted by molar-refractivity contribution is 5.83. The molecule has 1 aliphatic rings. The van der Waals surface area contributed by atoms with Gasteiger partial charge in [-0.15, -0.1) is 6.58 Å². The second-order valence-electron chi connectivity index (χ2n) is 7.36. The van der Waals surface area contributed by atoms with Gasteiger partial charge in [-0.1, -0.05) is 26.8 Å². The second-order valence-corrected chi connectivity index (χ2v) is 7.36. The van der Waals surface area contributed by atoms with E-state index in [9.17, 15) is 9.59 Å². The molecule has 5 heteroatoms. The molecular weight excluding hydrogens is 282 g/mol. The van der Waals surface area contributed by atoms with E-state index in [0.29, 0.717) is 12.5 Å². The van der Waals surface area contributed by atoms with E-state index < -0.39 is 17.7 Å². The van der Waals surface area contributed by atoms with Gasteiger partial charge in [0.25, 0.3) is 0 Å². The summed E-state index contributed by atoms with van der Waals surface area (Å²) in [6, 6.07) is -0.671. The first-order valence-electron chi connectivity index (χ1n) is 7.87. The summed E-state index contributed by atoms with van der Waals surface area (Å²) in [4.78, 5) is 26.3. The maximum absolute atomic E-state index is 12.5. The van der Waals surface area contributed by atoms with Crippen molar-refractivity contribution >= 4 is 12.1 Å². The van der Waals surface area contributed by atoms with Crippen molar-refractivity contribution < 1.29 is 19.1 Å². The highest BCUT2D eigenvalue weighted by Crippen LogP contribution is 2.25. The molecule has 0 aromatic carbocycles. The Bertz CT molecular complexity index is 425. The van der Waals surface area contributed by atoms with Crippen LogP contribution in [0.1, 0.15) is 48.0 Å². The summed E-state index contributed by atoms with van der Waals surface area (Å²) in [5, 5.41) is 0. The zero-order chi connectivity index (χ0) is 17.1. The number of hydrogen-bond donors (Lipinski definition) is 0.